The lowest BCUT2D eigenvalue weighted by Gasteiger charge is -2.31. The summed E-state index contributed by atoms with van der Waals surface area (Å²) in [6.45, 7) is 3.85. The molecule has 0 aliphatic heterocycles. The lowest BCUT2D eigenvalue weighted by molar-refractivity contribution is 0.202. The monoisotopic (exact) mass is 351 g/mol. The average molecular weight is 351 g/mol. The molecular weight excluding hydrogens is 326 g/mol. The van der Waals surface area contributed by atoms with E-state index in [1.807, 2.05) is 22.7 Å². The molecule has 136 valence electrons. The van der Waals surface area contributed by atoms with Gasteiger partial charge < -0.3 is 9.64 Å². The molecule has 0 amide bonds. The van der Waals surface area contributed by atoms with Crippen LogP contribution in [-0.2, 0) is 4.74 Å². The number of ether oxygens (including phenoxy) is 1. The Labute approximate surface area is 153 Å². The first-order valence-electron chi connectivity index (χ1n) is 9.28. The normalized spacial score (nSPS) is 19.9. The van der Waals surface area contributed by atoms with Gasteiger partial charge in [-0.1, -0.05) is 37.3 Å². The fourth-order valence-electron chi connectivity index (χ4n) is 3.89. The maximum atomic E-state index is 5.39. The second kappa shape index (κ2) is 7.41. The molecule has 4 rings (SSSR count). The Bertz CT molecular complexity index is 863. The molecule has 6 nitrogen and oxygen atoms in total. The predicted molar refractivity (Wildman–Crippen MR) is 102 cm³/mol. The zero-order valence-electron chi connectivity index (χ0n) is 15.4. The van der Waals surface area contributed by atoms with Gasteiger partial charge in [0.25, 0.3) is 5.78 Å². The van der Waals surface area contributed by atoms with Gasteiger partial charge in [-0.25, -0.2) is 4.98 Å². The van der Waals surface area contributed by atoms with E-state index in [1.54, 1.807) is 13.4 Å². The molecule has 2 atom stereocenters. The topological polar surface area (TPSA) is 55.5 Å². The lowest BCUT2D eigenvalue weighted by Crippen LogP contribution is -2.37. The Morgan fingerprint density at radius 1 is 1.23 bits per heavy atom. The largest absolute Gasteiger partial charge is 0.383 e. The third kappa shape index (κ3) is 3.29. The first kappa shape index (κ1) is 17.0. The Balaban J connectivity index is 1.80. The zero-order chi connectivity index (χ0) is 17.9. The number of hydrogen-bond donors (Lipinski definition) is 0. The summed E-state index contributed by atoms with van der Waals surface area (Å²) in [5.74, 6) is 2.43. The maximum absolute atomic E-state index is 5.39. The van der Waals surface area contributed by atoms with Crippen LogP contribution < -0.4 is 4.90 Å². The van der Waals surface area contributed by atoms with Gasteiger partial charge in [0.15, 0.2) is 0 Å². The van der Waals surface area contributed by atoms with Crippen molar-refractivity contribution < 1.29 is 4.74 Å². The first-order valence-corrected chi connectivity index (χ1v) is 9.28. The number of fused-ring (bicyclic) bond motifs is 1. The van der Waals surface area contributed by atoms with Gasteiger partial charge in [0.2, 0.25) is 0 Å². The second-order valence-corrected chi connectivity index (χ2v) is 7.10. The number of aromatic nitrogens is 4. The van der Waals surface area contributed by atoms with Crippen LogP contribution in [-0.4, -0.2) is 45.9 Å². The van der Waals surface area contributed by atoms with Crippen molar-refractivity contribution >= 4 is 11.6 Å². The molecule has 6 heteroatoms. The molecule has 0 spiro atoms. The number of nitrogens with zero attached hydrogens (tertiary/aromatic N) is 5. The van der Waals surface area contributed by atoms with E-state index in [-0.39, 0.29) is 0 Å². The summed E-state index contributed by atoms with van der Waals surface area (Å²) in [7, 11) is 1.75. The number of methoxy groups -OCH3 is 1. The smallest absolute Gasteiger partial charge is 0.254 e. The first-order chi connectivity index (χ1) is 12.8. The molecule has 3 aromatic rings. The molecule has 1 saturated carbocycles. The standard InChI is InChI=1S/C20H25N5O/c1-15-8-9-17(12-15)24(10-11-26-2)19-13-18(16-6-4-3-5-7-16)23-20-21-14-22-25(19)20/h3-7,13-15,17H,8-12H2,1-2H3. The van der Waals surface area contributed by atoms with Gasteiger partial charge >= 0.3 is 0 Å². The van der Waals surface area contributed by atoms with Crippen molar-refractivity contribution in [3.8, 4) is 11.3 Å². The van der Waals surface area contributed by atoms with E-state index in [2.05, 4.69) is 40.1 Å². The summed E-state index contributed by atoms with van der Waals surface area (Å²) in [6, 6.07) is 12.9. The van der Waals surface area contributed by atoms with Crippen molar-refractivity contribution in [1.29, 1.82) is 0 Å². The van der Waals surface area contributed by atoms with Crippen LogP contribution in [0.5, 0.6) is 0 Å². The van der Waals surface area contributed by atoms with Crippen LogP contribution in [0.4, 0.5) is 5.82 Å². The van der Waals surface area contributed by atoms with E-state index in [4.69, 9.17) is 9.72 Å². The molecule has 2 unspecified atom stereocenters. The third-order valence-electron chi connectivity index (χ3n) is 5.24. The number of hydrogen-bond acceptors (Lipinski definition) is 5. The lowest BCUT2D eigenvalue weighted by atomic mass is 10.1. The van der Waals surface area contributed by atoms with Crippen molar-refractivity contribution in [2.24, 2.45) is 5.92 Å². The molecule has 26 heavy (non-hydrogen) atoms. The van der Waals surface area contributed by atoms with Gasteiger partial charge in [-0.15, -0.1) is 0 Å². The van der Waals surface area contributed by atoms with Crippen molar-refractivity contribution in [1.82, 2.24) is 19.6 Å². The highest BCUT2D eigenvalue weighted by atomic mass is 16.5. The second-order valence-electron chi connectivity index (χ2n) is 7.10. The minimum Gasteiger partial charge on any atom is -0.383 e. The van der Waals surface area contributed by atoms with Crippen LogP contribution >= 0.6 is 0 Å². The Kier molecular flexibility index (Phi) is 4.84. The predicted octanol–water partition coefficient (Wildman–Crippen LogP) is 3.43. The van der Waals surface area contributed by atoms with Crippen LogP contribution in [0.3, 0.4) is 0 Å². The fourth-order valence-corrected chi connectivity index (χ4v) is 3.89. The summed E-state index contributed by atoms with van der Waals surface area (Å²) in [5.41, 5.74) is 2.01. The maximum Gasteiger partial charge on any atom is 0.254 e. The van der Waals surface area contributed by atoms with Gasteiger partial charge in [-0.3, -0.25) is 0 Å². The van der Waals surface area contributed by atoms with Gasteiger partial charge in [0, 0.05) is 31.3 Å². The number of rotatable bonds is 6. The number of benzene rings is 1. The van der Waals surface area contributed by atoms with Crippen molar-refractivity contribution in [2.45, 2.75) is 32.2 Å². The average Bonchev–Trinajstić information content (AvgIpc) is 3.31. The molecule has 2 aromatic heterocycles. The van der Waals surface area contributed by atoms with E-state index in [9.17, 15) is 0 Å². The van der Waals surface area contributed by atoms with Gasteiger partial charge in [-0.2, -0.15) is 14.6 Å². The molecule has 1 aliphatic rings. The zero-order valence-corrected chi connectivity index (χ0v) is 15.4. The summed E-state index contributed by atoms with van der Waals surface area (Å²) in [5, 5.41) is 4.43. The molecule has 0 radical (unpaired) electrons. The Morgan fingerprint density at radius 2 is 2.08 bits per heavy atom. The van der Waals surface area contributed by atoms with E-state index in [1.165, 1.54) is 19.3 Å². The van der Waals surface area contributed by atoms with E-state index < -0.39 is 0 Å². The molecule has 0 bridgehead atoms. The molecule has 1 aliphatic carbocycles. The van der Waals surface area contributed by atoms with Crippen molar-refractivity contribution in [2.75, 3.05) is 25.2 Å². The van der Waals surface area contributed by atoms with E-state index in [0.717, 1.165) is 29.5 Å². The molecule has 2 heterocycles. The minimum absolute atomic E-state index is 0.499. The highest BCUT2D eigenvalue weighted by molar-refractivity contribution is 5.66. The van der Waals surface area contributed by atoms with Gasteiger partial charge in [0.05, 0.1) is 12.3 Å². The molecule has 0 saturated heterocycles. The fraction of sp³-hybridized carbons (Fsp3) is 0.450. The summed E-state index contributed by atoms with van der Waals surface area (Å²) >= 11 is 0. The molecule has 1 aromatic carbocycles. The summed E-state index contributed by atoms with van der Waals surface area (Å²) in [6.07, 6.45) is 5.24. The molecule has 1 fully saturated rings. The van der Waals surface area contributed by atoms with E-state index in [0.29, 0.717) is 18.4 Å². The Hall–Kier alpha value is -2.47. The Morgan fingerprint density at radius 3 is 2.81 bits per heavy atom. The van der Waals surface area contributed by atoms with Crippen LogP contribution in [0.2, 0.25) is 0 Å². The van der Waals surface area contributed by atoms with Crippen molar-refractivity contribution in [3.05, 3.63) is 42.7 Å². The van der Waals surface area contributed by atoms with Gasteiger partial charge in [0.1, 0.15) is 12.1 Å². The number of anilines is 1. The highest BCUT2D eigenvalue weighted by Crippen LogP contribution is 2.33. The summed E-state index contributed by atoms with van der Waals surface area (Å²) in [4.78, 5) is 11.5. The minimum atomic E-state index is 0.499. The van der Waals surface area contributed by atoms with Crippen LogP contribution in [0.15, 0.2) is 42.7 Å². The SMILES string of the molecule is COCCN(c1cc(-c2ccccc2)nc2ncnn12)C1CCC(C)C1. The third-order valence-corrected chi connectivity index (χ3v) is 5.24. The summed E-state index contributed by atoms with van der Waals surface area (Å²) < 4.78 is 7.24. The van der Waals surface area contributed by atoms with Crippen molar-refractivity contribution in [3.63, 3.8) is 0 Å². The highest BCUT2D eigenvalue weighted by Gasteiger charge is 2.29. The van der Waals surface area contributed by atoms with E-state index >= 15 is 0 Å². The van der Waals surface area contributed by atoms with Crippen LogP contribution in [0.25, 0.3) is 17.0 Å². The van der Waals surface area contributed by atoms with Crippen LogP contribution in [0, 0.1) is 5.92 Å². The molecule has 0 N–H and O–H groups in total. The van der Waals surface area contributed by atoms with Crippen LogP contribution in [0.1, 0.15) is 26.2 Å². The van der Waals surface area contributed by atoms with Gasteiger partial charge in [-0.05, 0) is 25.2 Å². The molecular formula is C20H25N5O. The quantitative estimate of drug-likeness (QED) is 0.681.